The SMILES string of the molecule is CC(=O)CCC(=O)N(C)CC(=O)O. The van der Waals surface area contributed by atoms with E-state index >= 15 is 0 Å². The first kappa shape index (κ1) is 11.6. The summed E-state index contributed by atoms with van der Waals surface area (Å²) in [5, 5.41) is 8.35. The van der Waals surface area contributed by atoms with Crippen molar-refractivity contribution in [2.24, 2.45) is 0 Å². The molecular formula is C8H13NO4. The van der Waals surface area contributed by atoms with Crippen molar-refractivity contribution in [3.8, 4) is 0 Å². The Bertz CT molecular complexity index is 224. The second kappa shape index (κ2) is 5.29. The van der Waals surface area contributed by atoms with Gasteiger partial charge in [0, 0.05) is 19.9 Å². The summed E-state index contributed by atoms with van der Waals surface area (Å²) in [7, 11) is 1.40. The van der Waals surface area contributed by atoms with Crippen molar-refractivity contribution in [3.63, 3.8) is 0 Å². The number of Topliss-reactive ketones (excluding diaryl/α,β-unsaturated/α-hetero) is 1. The lowest BCUT2D eigenvalue weighted by molar-refractivity contribution is -0.143. The number of carboxylic acid groups (broad SMARTS) is 1. The van der Waals surface area contributed by atoms with Gasteiger partial charge in [0.15, 0.2) is 0 Å². The largest absolute Gasteiger partial charge is 0.480 e. The summed E-state index contributed by atoms with van der Waals surface area (Å²) < 4.78 is 0. The van der Waals surface area contributed by atoms with Gasteiger partial charge in [-0.25, -0.2) is 0 Å². The third-order valence-corrected chi connectivity index (χ3v) is 1.49. The Morgan fingerprint density at radius 3 is 2.15 bits per heavy atom. The first-order valence-corrected chi connectivity index (χ1v) is 3.88. The van der Waals surface area contributed by atoms with Crippen molar-refractivity contribution < 1.29 is 19.5 Å². The molecule has 5 heteroatoms. The Kier molecular flexibility index (Phi) is 4.72. The van der Waals surface area contributed by atoms with Gasteiger partial charge in [0.05, 0.1) is 0 Å². The zero-order valence-corrected chi connectivity index (χ0v) is 7.74. The van der Waals surface area contributed by atoms with E-state index in [4.69, 9.17) is 5.11 Å². The fourth-order valence-corrected chi connectivity index (χ4v) is 0.765. The van der Waals surface area contributed by atoms with Crippen LogP contribution < -0.4 is 0 Å². The molecule has 0 saturated heterocycles. The molecule has 0 radical (unpaired) electrons. The summed E-state index contributed by atoms with van der Waals surface area (Å²) in [6, 6.07) is 0. The fraction of sp³-hybridized carbons (Fsp3) is 0.625. The predicted octanol–water partition coefficient (Wildman–Crippen LogP) is -0.101. The van der Waals surface area contributed by atoms with E-state index in [9.17, 15) is 14.4 Å². The summed E-state index contributed by atoms with van der Waals surface area (Å²) >= 11 is 0. The molecule has 0 atom stereocenters. The predicted molar refractivity (Wildman–Crippen MR) is 45.2 cm³/mol. The number of rotatable bonds is 5. The van der Waals surface area contributed by atoms with Crippen molar-refractivity contribution in [1.82, 2.24) is 4.90 Å². The lowest BCUT2D eigenvalue weighted by Gasteiger charge is -2.13. The maximum Gasteiger partial charge on any atom is 0.323 e. The highest BCUT2D eigenvalue weighted by atomic mass is 16.4. The van der Waals surface area contributed by atoms with Gasteiger partial charge in [0.2, 0.25) is 5.91 Å². The summed E-state index contributed by atoms with van der Waals surface area (Å²) in [6.07, 6.45) is 0.252. The molecule has 13 heavy (non-hydrogen) atoms. The molecule has 0 aromatic heterocycles. The van der Waals surface area contributed by atoms with Gasteiger partial charge in [-0.15, -0.1) is 0 Å². The molecule has 0 fully saturated rings. The summed E-state index contributed by atoms with van der Waals surface area (Å²) in [5.74, 6) is -1.45. The lowest BCUT2D eigenvalue weighted by Crippen LogP contribution is -2.31. The number of ketones is 1. The number of carbonyl (C=O) groups is 3. The van der Waals surface area contributed by atoms with E-state index in [0.29, 0.717) is 0 Å². The molecule has 1 N–H and O–H groups in total. The molecule has 1 amide bonds. The molecule has 0 saturated carbocycles. The van der Waals surface area contributed by atoms with Gasteiger partial charge in [0.25, 0.3) is 0 Å². The first-order valence-electron chi connectivity index (χ1n) is 3.88. The lowest BCUT2D eigenvalue weighted by atomic mass is 10.2. The van der Waals surface area contributed by atoms with Crippen molar-refractivity contribution in [3.05, 3.63) is 0 Å². The number of likely N-dealkylation sites (N-methyl/N-ethyl adjacent to an activating group) is 1. The minimum atomic E-state index is -1.06. The van der Waals surface area contributed by atoms with Gasteiger partial charge < -0.3 is 14.8 Å². The molecule has 0 heterocycles. The van der Waals surface area contributed by atoms with Crippen LogP contribution in [0.4, 0.5) is 0 Å². The van der Waals surface area contributed by atoms with Gasteiger partial charge in [-0.3, -0.25) is 9.59 Å². The van der Waals surface area contributed by atoms with Gasteiger partial charge in [-0.2, -0.15) is 0 Å². The Labute approximate surface area is 76.3 Å². The Hall–Kier alpha value is -1.39. The number of nitrogens with zero attached hydrogens (tertiary/aromatic N) is 1. The normalized spacial score (nSPS) is 9.38. The standard InChI is InChI=1S/C8H13NO4/c1-6(10)3-4-7(11)9(2)5-8(12)13/h3-5H2,1-2H3,(H,12,13). The van der Waals surface area contributed by atoms with Gasteiger partial charge >= 0.3 is 5.97 Å². The van der Waals surface area contributed by atoms with E-state index in [1.165, 1.54) is 14.0 Å². The summed E-state index contributed by atoms with van der Waals surface area (Å²) in [6.45, 7) is 1.07. The quantitative estimate of drug-likeness (QED) is 0.652. The highest BCUT2D eigenvalue weighted by molar-refractivity contribution is 5.85. The molecule has 0 aromatic carbocycles. The number of aliphatic carboxylic acids is 1. The molecular weight excluding hydrogens is 174 g/mol. The van der Waals surface area contributed by atoms with Crippen LogP contribution in [0.15, 0.2) is 0 Å². The van der Waals surface area contributed by atoms with Crippen LogP contribution in [0.2, 0.25) is 0 Å². The van der Waals surface area contributed by atoms with E-state index in [0.717, 1.165) is 4.90 Å². The number of hydrogen-bond donors (Lipinski definition) is 1. The topological polar surface area (TPSA) is 74.7 Å². The van der Waals surface area contributed by atoms with Crippen LogP contribution in [0.3, 0.4) is 0 Å². The van der Waals surface area contributed by atoms with Gasteiger partial charge in [-0.1, -0.05) is 0 Å². The van der Waals surface area contributed by atoms with Crippen LogP contribution in [0.1, 0.15) is 19.8 Å². The maximum atomic E-state index is 11.1. The van der Waals surface area contributed by atoms with Gasteiger partial charge in [0.1, 0.15) is 12.3 Å². The Balaban J connectivity index is 3.82. The number of carbonyl (C=O) groups excluding carboxylic acids is 2. The second-order valence-electron chi connectivity index (χ2n) is 2.85. The molecule has 0 spiro atoms. The average molecular weight is 187 g/mol. The number of amides is 1. The molecule has 74 valence electrons. The Morgan fingerprint density at radius 1 is 1.23 bits per heavy atom. The molecule has 5 nitrogen and oxygen atoms in total. The fourth-order valence-electron chi connectivity index (χ4n) is 0.765. The van der Waals surface area contributed by atoms with E-state index in [1.807, 2.05) is 0 Å². The van der Waals surface area contributed by atoms with Gasteiger partial charge in [-0.05, 0) is 6.92 Å². The van der Waals surface area contributed by atoms with Crippen LogP contribution in [0.25, 0.3) is 0 Å². The Morgan fingerprint density at radius 2 is 1.77 bits per heavy atom. The van der Waals surface area contributed by atoms with Crippen LogP contribution in [0, 0.1) is 0 Å². The third kappa shape index (κ3) is 5.84. The van der Waals surface area contributed by atoms with E-state index in [1.54, 1.807) is 0 Å². The molecule has 0 unspecified atom stereocenters. The molecule has 0 aromatic rings. The molecule has 0 aliphatic carbocycles. The van der Waals surface area contributed by atoms with Crippen LogP contribution in [0.5, 0.6) is 0 Å². The highest BCUT2D eigenvalue weighted by Gasteiger charge is 2.11. The smallest absolute Gasteiger partial charge is 0.323 e. The molecule has 0 rings (SSSR count). The second-order valence-corrected chi connectivity index (χ2v) is 2.85. The van der Waals surface area contributed by atoms with E-state index < -0.39 is 5.97 Å². The zero-order chi connectivity index (χ0) is 10.4. The van der Waals surface area contributed by atoms with Crippen molar-refractivity contribution in [2.75, 3.05) is 13.6 Å². The van der Waals surface area contributed by atoms with Crippen LogP contribution in [-0.2, 0) is 14.4 Å². The van der Waals surface area contributed by atoms with Crippen molar-refractivity contribution in [1.29, 1.82) is 0 Å². The van der Waals surface area contributed by atoms with E-state index in [-0.39, 0.29) is 31.1 Å². The maximum absolute atomic E-state index is 11.1. The summed E-state index contributed by atoms with van der Waals surface area (Å²) in [4.78, 5) is 32.9. The minimum Gasteiger partial charge on any atom is -0.480 e. The third-order valence-electron chi connectivity index (χ3n) is 1.49. The van der Waals surface area contributed by atoms with Crippen LogP contribution in [-0.4, -0.2) is 41.3 Å². The monoisotopic (exact) mass is 187 g/mol. The minimum absolute atomic E-state index is 0.0722. The van der Waals surface area contributed by atoms with Crippen molar-refractivity contribution >= 4 is 17.7 Å². The first-order chi connectivity index (χ1) is 5.93. The zero-order valence-electron chi connectivity index (χ0n) is 7.74. The molecule has 0 bridgehead atoms. The average Bonchev–Trinajstić information content (AvgIpc) is 1.98. The molecule has 0 aliphatic rings. The number of hydrogen-bond acceptors (Lipinski definition) is 3. The summed E-state index contributed by atoms with van der Waals surface area (Å²) in [5.41, 5.74) is 0. The van der Waals surface area contributed by atoms with E-state index in [2.05, 4.69) is 0 Å². The van der Waals surface area contributed by atoms with Crippen LogP contribution >= 0.6 is 0 Å². The number of carboxylic acids is 1. The highest BCUT2D eigenvalue weighted by Crippen LogP contribution is 1.96. The molecule has 0 aliphatic heterocycles. The van der Waals surface area contributed by atoms with Crippen molar-refractivity contribution in [2.45, 2.75) is 19.8 Å².